The summed E-state index contributed by atoms with van der Waals surface area (Å²) in [7, 11) is 0. The molecule has 0 fully saturated rings. The fourth-order valence-corrected chi connectivity index (χ4v) is 1.62. The quantitative estimate of drug-likeness (QED) is 0.843. The van der Waals surface area contributed by atoms with Crippen molar-refractivity contribution in [3.8, 4) is 0 Å². The van der Waals surface area contributed by atoms with E-state index in [9.17, 15) is 0 Å². The minimum atomic E-state index is 0.710. The molecule has 1 aromatic carbocycles. The van der Waals surface area contributed by atoms with Crippen molar-refractivity contribution in [3.63, 3.8) is 0 Å². The maximum Gasteiger partial charge on any atom is 0.0479 e. The second-order valence-electron chi connectivity index (χ2n) is 3.44. The van der Waals surface area contributed by atoms with Gasteiger partial charge < -0.3 is 5.32 Å². The van der Waals surface area contributed by atoms with Gasteiger partial charge in [0.2, 0.25) is 0 Å². The smallest absolute Gasteiger partial charge is 0.0479 e. The van der Waals surface area contributed by atoms with E-state index in [4.69, 9.17) is 23.2 Å². The molecular formula is C12H15Cl2N. The third-order valence-corrected chi connectivity index (χ3v) is 2.59. The van der Waals surface area contributed by atoms with Crippen LogP contribution in [0.5, 0.6) is 0 Å². The van der Waals surface area contributed by atoms with Gasteiger partial charge in [0.05, 0.1) is 0 Å². The minimum Gasteiger partial charge on any atom is -0.313 e. The van der Waals surface area contributed by atoms with Crippen molar-refractivity contribution in [1.29, 1.82) is 0 Å². The number of rotatable bonds is 4. The molecule has 0 aliphatic rings. The standard InChI is InChI=1S/C12H15Cl2N/c1-3-15-8-9(2)6-10-7-11(13)4-5-12(10)14/h4-7,15H,3,8H2,1-2H3/b9-6+. The lowest BCUT2D eigenvalue weighted by Crippen LogP contribution is -2.14. The summed E-state index contributed by atoms with van der Waals surface area (Å²) in [6.45, 7) is 5.99. The maximum absolute atomic E-state index is 6.05. The molecule has 1 nitrogen and oxygen atoms in total. The summed E-state index contributed by atoms with van der Waals surface area (Å²) in [6, 6.07) is 5.48. The highest BCUT2D eigenvalue weighted by Gasteiger charge is 1.98. The Kier molecular flexibility index (Phi) is 5.16. The Bertz CT molecular complexity index is 359. The molecule has 1 N–H and O–H groups in total. The second kappa shape index (κ2) is 6.16. The molecule has 3 heteroatoms. The molecule has 0 atom stereocenters. The summed E-state index contributed by atoms with van der Waals surface area (Å²) in [5, 5.41) is 4.70. The number of hydrogen-bond donors (Lipinski definition) is 1. The van der Waals surface area contributed by atoms with Gasteiger partial charge >= 0.3 is 0 Å². The van der Waals surface area contributed by atoms with Crippen LogP contribution in [-0.4, -0.2) is 13.1 Å². The van der Waals surface area contributed by atoms with E-state index in [1.807, 2.05) is 12.1 Å². The average Bonchev–Trinajstić information content (AvgIpc) is 2.20. The molecule has 15 heavy (non-hydrogen) atoms. The van der Waals surface area contributed by atoms with Crippen LogP contribution in [0, 0.1) is 0 Å². The van der Waals surface area contributed by atoms with Crippen LogP contribution >= 0.6 is 23.2 Å². The lowest BCUT2D eigenvalue weighted by Gasteiger charge is -2.04. The summed E-state index contributed by atoms with van der Waals surface area (Å²) in [6.07, 6.45) is 2.05. The summed E-state index contributed by atoms with van der Waals surface area (Å²) >= 11 is 12.0. The molecular weight excluding hydrogens is 229 g/mol. The van der Waals surface area contributed by atoms with Gasteiger partial charge in [-0.1, -0.05) is 41.8 Å². The molecule has 0 heterocycles. The van der Waals surface area contributed by atoms with Crippen molar-refractivity contribution in [2.24, 2.45) is 0 Å². The molecule has 0 radical (unpaired) electrons. The third-order valence-electron chi connectivity index (χ3n) is 2.01. The van der Waals surface area contributed by atoms with Crippen molar-refractivity contribution < 1.29 is 0 Å². The third kappa shape index (κ3) is 4.25. The Hall–Kier alpha value is -0.500. The van der Waals surface area contributed by atoms with Crippen LogP contribution in [0.25, 0.3) is 6.08 Å². The fraction of sp³-hybridized carbons (Fsp3) is 0.333. The molecule has 1 rings (SSSR count). The monoisotopic (exact) mass is 243 g/mol. The Labute approximate surface area is 101 Å². The normalized spacial score (nSPS) is 11.9. The Morgan fingerprint density at radius 2 is 2.13 bits per heavy atom. The van der Waals surface area contributed by atoms with Gasteiger partial charge in [-0.05, 0) is 37.2 Å². The zero-order valence-corrected chi connectivity index (χ0v) is 10.5. The Morgan fingerprint density at radius 1 is 1.40 bits per heavy atom. The average molecular weight is 244 g/mol. The molecule has 0 bridgehead atoms. The van der Waals surface area contributed by atoms with E-state index in [-0.39, 0.29) is 0 Å². The van der Waals surface area contributed by atoms with E-state index in [1.54, 1.807) is 6.07 Å². The molecule has 0 aromatic heterocycles. The SMILES string of the molecule is CCNC/C(C)=C/c1cc(Cl)ccc1Cl. The van der Waals surface area contributed by atoms with Crippen molar-refractivity contribution in [2.75, 3.05) is 13.1 Å². The predicted octanol–water partition coefficient (Wildman–Crippen LogP) is 4.01. The van der Waals surface area contributed by atoms with E-state index in [1.165, 1.54) is 5.57 Å². The molecule has 0 aliphatic heterocycles. The van der Waals surface area contributed by atoms with E-state index in [0.29, 0.717) is 5.02 Å². The summed E-state index contributed by atoms with van der Waals surface area (Å²) in [5.74, 6) is 0. The van der Waals surface area contributed by atoms with Crippen LogP contribution in [0.1, 0.15) is 19.4 Å². The van der Waals surface area contributed by atoms with Crippen LogP contribution in [0.3, 0.4) is 0 Å². The topological polar surface area (TPSA) is 12.0 Å². The van der Waals surface area contributed by atoms with Crippen molar-refractivity contribution in [3.05, 3.63) is 39.4 Å². The molecule has 0 aliphatic carbocycles. The highest BCUT2D eigenvalue weighted by Crippen LogP contribution is 2.22. The molecule has 0 amide bonds. The molecule has 0 saturated carbocycles. The van der Waals surface area contributed by atoms with E-state index < -0.39 is 0 Å². The van der Waals surface area contributed by atoms with Crippen molar-refractivity contribution >= 4 is 29.3 Å². The minimum absolute atomic E-state index is 0.710. The highest BCUT2D eigenvalue weighted by molar-refractivity contribution is 6.34. The number of benzene rings is 1. The van der Waals surface area contributed by atoms with Gasteiger partial charge in [-0.2, -0.15) is 0 Å². The van der Waals surface area contributed by atoms with E-state index in [0.717, 1.165) is 23.7 Å². The van der Waals surface area contributed by atoms with Gasteiger partial charge in [0.15, 0.2) is 0 Å². The van der Waals surface area contributed by atoms with Gasteiger partial charge in [-0.3, -0.25) is 0 Å². The molecule has 0 saturated heterocycles. The zero-order valence-electron chi connectivity index (χ0n) is 8.98. The molecule has 82 valence electrons. The first-order chi connectivity index (χ1) is 7.13. The van der Waals surface area contributed by atoms with E-state index >= 15 is 0 Å². The second-order valence-corrected chi connectivity index (χ2v) is 4.28. The van der Waals surface area contributed by atoms with Gasteiger partial charge in [0.25, 0.3) is 0 Å². The van der Waals surface area contributed by atoms with Crippen LogP contribution in [0.2, 0.25) is 10.0 Å². The Morgan fingerprint density at radius 3 is 2.80 bits per heavy atom. The fourth-order valence-electron chi connectivity index (χ4n) is 1.26. The first-order valence-corrected chi connectivity index (χ1v) is 5.72. The number of halogens is 2. The first kappa shape index (κ1) is 12.6. The van der Waals surface area contributed by atoms with Crippen LogP contribution in [0.15, 0.2) is 23.8 Å². The van der Waals surface area contributed by atoms with Crippen molar-refractivity contribution in [2.45, 2.75) is 13.8 Å². The first-order valence-electron chi connectivity index (χ1n) is 4.96. The summed E-state index contributed by atoms with van der Waals surface area (Å²) in [4.78, 5) is 0. The van der Waals surface area contributed by atoms with Gasteiger partial charge in [-0.15, -0.1) is 0 Å². The van der Waals surface area contributed by atoms with Gasteiger partial charge in [0.1, 0.15) is 0 Å². The van der Waals surface area contributed by atoms with Gasteiger partial charge in [0, 0.05) is 16.6 Å². The molecule has 0 unspecified atom stereocenters. The lowest BCUT2D eigenvalue weighted by atomic mass is 10.1. The van der Waals surface area contributed by atoms with Crippen LogP contribution in [0.4, 0.5) is 0 Å². The predicted molar refractivity (Wildman–Crippen MR) is 68.7 cm³/mol. The maximum atomic E-state index is 6.05. The molecule has 0 spiro atoms. The van der Waals surface area contributed by atoms with Crippen LogP contribution in [-0.2, 0) is 0 Å². The largest absolute Gasteiger partial charge is 0.313 e. The summed E-state index contributed by atoms with van der Waals surface area (Å²) < 4.78 is 0. The number of hydrogen-bond acceptors (Lipinski definition) is 1. The van der Waals surface area contributed by atoms with E-state index in [2.05, 4.69) is 25.2 Å². The molecule has 1 aromatic rings. The Balaban J connectivity index is 2.82. The van der Waals surface area contributed by atoms with Crippen molar-refractivity contribution in [1.82, 2.24) is 5.32 Å². The number of likely N-dealkylation sites (N-methyl/N-ethyl adjacent to an activating group) is 1. The van der Waals surface area contributed by atoms with Crippen LogP contribution < -0.4 is 5.32 Å². The lowest BCUT2D eigenvalue weighted by molar-refractivity contribution is 0.778. The zero-order chi connectivity index (χ0) is 11.3. The van der Waals surface area contributed by atoms with Gasteiger partial charge in [-0.25, -0.2) is 0 Å². The summed E-state index contributed by atoms with van der Waals surface area (Å²) in [5.41, 5.74) is 2.21. The number of nitrogens with one attached hydrogen (secondary N) is 1. The highest BCUT2D eigenvalue weighted by atomic mass is 35.5.